The van der Waals surface area contributed by atoms with Gasteiger partial charge in [-0.15, -0.1) is 11.8 Å². The smallest absolute Gasteiger partial charge is 0.233 e. The van der Waals surface area contributed by atoms with Crippen LogP contribution in [0.2, 0.25) is 5.02 Å². The van der Waals surface area contributed by atoms with Crippen LogP contribution in [0.5, 0.6) is 0 Å². The standard InChI is InChI=1S/C17H17ClN2OS/c18-14-5-3-13(4-6-14)16-2-1-11-20(16)17(21)12-22-15-7-9-19-10-8-15/h3-10,16H,1-2,11-12H2. The Balaban J connectivity index is 1.65. The van der Waals surface area contributed by atoms with Crippen molar-refractivity contribution in [3.63, 3.8) is 0 Å². The van der Waals surface area contributed by atoms with Crippen molar-refractivity contribution >= 4 is 29.3 Å². The van der Waals surface area contributed by atoms with E-state index in [9.17, 15) is 4.79 Å². The minimum absolute atomic E-state index is 0.183. The zero-order chi connectivity index (χ0) is 15.4. The van der Waals surface area contributed by atoms with Gasteiger partial charge >= 0.3 is 0 Å². The summed E-state index contributed by atoms with van der Waals surface area (Å²) in [5.41, 5.74) is 1.17. The number of likely N-dealkylation sites (tertiary alicyclic amines) is 1. The number of aromatic nitrogens is 1. The molecule has 1 amide bonds. The molecule has 22 heavy (non-hydrogen) atoms. The van der Waals surface area contributed by atoms with E-state index < -0.39 is 0 Å². The molecule has 5 heteroatoms. The van der Waals surface area contributed by atoms with Crippen molar-refractivity contribution in [1.29, 1.82) is 0 Å². The fourth-order valence-electron chi connectivity index (χ4n) is 2.76. The summed E-state index contributed by atoms with van der Waals surface area (Å²) >= 11 is 7.51. The van der Waals surface area contributed by atoms with Crippen LogP contribution in [-0.4, -0.2) is 28.1 Å². The van der Waals surface area contributed by atoms with E-state index in [-0.39, 0.29) is 11.9 Å². The number of carbonyl (C=O) groups excluding carboxylic acids is 1. The zero-order valence-electron chi connectivity index (χ0n) is 12.1. The molecule has 1 fully saturated rings. The van der Waals surface area contributed by atoms with Crippen LogP contribution in [0.3, 0.4) is 0 Å². The van der Waals surface area contributed by atoms with Gasteiger partial charge < -0.3 is 4.90 Å². The van der Waals surface area contributed by atoms with Crippen molar-refractivity contribution in [3.05, 3.63) is 59.4 Å². The first-order valence-electron chi connectivity index (χ1n) is 7.32. The first-order chi connectivity index (χ1) is 10.7. The monoisotopic (exact) mass is 332 g/mol. The number of pyridine rings is 1. The number of hydrogen-bond donors (Lipinski definition) is 0. The van der Waals surface area contributed by atoms with E-state index in [4.69, 9.17) is 11.6 Å². The second-order valence-corrected chi connectivity index (χ2v) is 6.75. The van der Waals surface area contributed by atoms with Crippen molar-refractivity contribution < 1.29 is 4.79 Å². The Morgan fingerprint density at radius 2 is 1.95 bits per heavy atom. The van der Waals surface area contributed by atoms with Gasteiger partial charge in [0.25, 0.3) is 0 Å². The molecule has 1 aliphatic heterocycles. The van der Waals surface area contributed by atoms with E-state index in [1.54, 1.807) is 24.2 Å². The summed E-state index contributed by atoms with van der Waals surface area (Å²) in [6.07, 6.45) is 5.57. The van der Waals surface area contributed by atoms with Gasteiger partial charge in [0.1, 0.15) is 0 Å². The molecule has 1 saturated heterocycles. The highest BCUT2D eigenvalue weighted by Gasteiger charge is 2.29. The summed E-state index contributed by atoms with van der Waals surface area (Å²) in [5, 5.41) is 0.730. The van der Waals surface area contributed by atoms with Crippen molar-refractivity contribution in [2.24, 2.45) is 0 Å². The molecule has 0 radical (unpaired) electrons. The lowest BCUT2D eigenvalue weighted by Gasteiger charge is -2.25. The number of thioether (sulfide) groups is 1. The zero-order valence-corrected chi connectivity index (χ0v) is 13.7. The van der Waals surface area contributed by atoms with E-state index in [0.29, 0.717) is 5.75 Å². The van der Waals surface area contributed by atoms with E-state index >= 15 is 0 Å². The third-order valence-corrected chi connectivity index (χ3v) is 5.09. The SMILES string of the molecule is O=C(CSc1ccncc1)N1CCCC1c1ccc(Cl)cc1. The number of rotatable bonds is 4. The van der Waals surface area contributed by atoms with Crippen LogP contribution in [0.1, 0.15) is 24.4 Å². The molecule has 2 heterocycles. The second kappa shape index (κ2) is 7.16. The lowest BCUT2D eigenvalue weighted by Crippen LogP contribution is -2.31. The minimum atomic E-state index is 0.183. The molecule has 1 atom stereocenters. The fraction of sp³-hybridized carbons (Fsp3) is 0.294. The Kier molecular flexibility index (Phi) is 5.01. The number of amides is 1. The summed E-state index contributed by atoms with van der Waals surface area (Å²) in [6.45, 7) is 0.836. The average Bonchev–Trinajstić information content (AvgIpc) is 3.04. The van der Waals surface area contributed by atoms with Crippen LogP contribution in [-0.2, 0) is 4.79 Å². The quantitative estimate of drug-likeness (QED) is 0.787. The molecule has 1 unspecified atom stereocenters. The Morgan fingerprint density at radius 1 is 1.23 bits per heavy atom. The Morgan fingerprint density at radius 3 is 2.68 bits per heavy atom. The third kappa shape index (κ3) is 3.62. The molecule has 0 bridgehead atoms. The number of benzene rings is 1. The summed E-state index contributed by atoms with van der Waals surface area (Å²) in [4.78, 5) is 19.6. The van der Waals surface area contributed by atoms with Crippen LogP contribution in [0.4, 0.5) is 0 Å². The first kappa shape index (κ1) is 15.4. The maximum atomic E-state index is 12.5. The van der Waals surface area contributed by atoms with Gasteiger partial charge in [0, 0.05) is 28.9 Å². The van der Waals surface area contributed by atoms with Gasteiger partial charge in [-0.1, -0.05) is 23.7 Å². The van der Waals surface area contributed by atoms with Crippen molar-refractivity contribution in [2.75, 3.05) is 12.3 Å². The second-order valence-electron chi connectivity index (χ2n) is 5.27. The van der Waals surface area contributed by atoms with Gasteiger partial charge in [-0.2, -0.15) is 0 Å². The van der Waals surface area contributed by atoms with Crippen LogP contribution in [0, 0.1) is 0 Å². The van der Waals surface area contributed by atoms with E-state index in [0.717, 1.165) is 29.3 Å². The summed E-state index contributed by atoms with van der Waals surface area (Å²) in [5.74, 6) is 0.660. The maximum absolute atomic E-state index is 12.5. The number of carbonyl (C=O) groups is 1. The lowest BCUT2D eigenvalue weighted by molar-refractivity contribution is -0.129. The lowest BCUT2D eigenvalue weighted by atomic mass is 10.0. The van der Waals surface area contributed by atoms with Gasteiger partial charge in [-0.3, -0.25) is 9.78 Å². The molecule has 0 N–H and O–H groups in total. The highest BCUT2D eigenvalue weighted by molar-refractivity contribution is 8.00. The number of nitrogens with zero attached hydrogens (tertiary/aromatic N) is 2. The molecule has 0 saturated carbocycles. The predicted octanol–water partition coefficient (Wildman–Crippen LogP) is 4.19. The number of hydrogen-bond acceptors (Lipinski definition) is 3. The normalized spacial score (nSPS) is 17.7. The maximum Gasteiger partial charge on any atom is 0.233 e. The molecular weight excluding hydrogens is 316 g/mol. The van der Waals surface area contributed by atoms with Gasteiger partial charge in [0.15, 0.2) is 0 Å². The molecule has 1 aromatic carbocycles. The molecule has 1 aliphatic rings. The summed E-state index contributed by atoms with van der Waals surface area (Å²) < 4.78 is 0. The first-order valence-corrected chi connectivity index (χ1v) is 8.68. The van der Waals surface area contributed by atoms with Gasteiger partial charge in [-0.25, -0.2) is 0 Å². The molecule has 2 aromatic rings. The van der Waals surface area contributed by atoms with Crippen LogP contribution in [0.15, 0.2) is 53.7 Å². The predicted molar refractivity (Wildman–Crippen MR) is 90.1 cm³/mol. The summed E-state index contributed by atoms with van der Waals surface area (Å²) in [7, 11) is 0. The molecule has 3 nitrogen and oxygen atoms in total. The van der Waals surface area contributed by atoms with Gasteiger partial charge in [0.05, 0.1) is 11.8 Å². The fourth-order valence-corrected chi connectivity index (χ4v) is 3.66. The molecule has 3 rings (SSSR count). The van der Waals surface area contributed by atoms with Crippen molar-refractivity contribution in [2.45, 2.75) is 23.8 Å². The van der Waals surface area contributed by atoms with E-state index in [1.807, 2.05) is 41.3 Å². The molecule has 0 spiro atoms. The highest BCUT2D eigenvalue weighted by atomic mass is 35.5. The van der Waals surface area contributed by atoms with Crippen molar-refractivity contribution in [1.82, 2.24) is 9.88 Å². The van der Waals surface area contributed by atoms with Crippen LogP contribution >= 0.6 is 23.4 Å². The Hall–Kier alpha value is -1.52. The van der Waals surface area contributed by atoms with Gasteiger partial charge in [0.2, 0.25) is 5.91 Å². The Labute approximate surface area is 139 Å². The highest BCUT2D eigenvalue weighted by Crippen LogP contribution is 2.33. The molecular formula is C17H17ClN2OS. The minimum Gasteiger partial charge on any atom is -0.335 e. The van der Waals surface area contributed by atoms with Crippen LogP contribution < -0.4 is 0 Å². The number of halogens is 1. The topological polar surface area (TPSA) is 33.2 Å². The Bertz CT molecular complexity index is 633. The molecule has 114 valence electrons. The molecule has 0 aliphatic carbocycles. The average molecular weight is 333 g/mol. The largest absolute Gasteiger partial charge is 0.335 e. The van der Waals surface area contributed by atoms with E-state index in [1.165, 1.54) is 5.56 Å². The van der Waals surface area contributed by atoms with Crippen LogP contribution in [0.25, 0.3) is 0 Å². The van der Waals surface area contributed by atoms with E-state index in [2.05, 4.69) is 4.98 Å². The van der Waals surface area contributed by atoms with Crippen molar-refractivity contribution in [3.8, 4) is 0 Å². The summed E-state index contributed by atoms with van der Waals surface area (Å²) in [6, 6.07) is 11.9. The molecule has 1 aromatic heterocycles. The third-order valence-electron chi connectivity index (χ3n) is 3.84. The van der Waals surface area contributed by atoms with Gasteiger partial charge in [-0.05, 0) is 42.7 Å².